The van der Waals surface area contributed by atoms with Crippen molar-refractivity contribution < 1.29 is 4.39 Å². The number of benzene rings is 1. The van der Waals surface area contributed by atoms with E-state index in [1.807, 2.05) is 10.7 Å². The Morgan fingerprint density at radius 2 is 2.35 bits per heavy atom. The van der Waals surface area contributed by atoms with Gasteiger partial charge in [0.25, 0.3) is 0 Å². The molecule has 1 aromatic heterocycles. The summed E-state index contributed by atoms with van der Waals surface area (Å²) in [6.07, 6.45) is 2.50. The number of nitrogens with two attached hydrogens (primary N) is 1. The minimum Gasteiger partial charge on any atom is -0.394 e. The maximum atomic E-state index is 13.2. The molecule has 0 fully saturated rings. The van der Waals surface area contributed by atoms with Gasteiger partial charge in [-0.25, -0.2) is 9.07 Å². The highest BCUT2D eigenvalue weighted by atomic mass is 19.1. The predicted molar refractivity (Wildman–Crippen MR) is 64.3 cm³/mol. The molecule has 1 aliphatic rings. The Bertz CT molecular complexity index is 549. The molecular weight excluding hydrogens is 219 g/mol. The predicted octanol–water partition coefficient (Wildman–Crippen LogP) is 2.01. The number of aromatic nitrogens is 2. The molecule has 0 bridgehead atoms. The number of hydrogen-bond acceptors (Lipinski definition) is 3. The van der Waals surface area contributed by atoms with E-state index < -0.39 is 0 Å². The Balaban J connectivity index is 2.06. The van der Waals surface area contributed by atoms with Gasteiger partial charge in [0.15, 0.2) is 0 Å². The van der Waals surface area contributed by atoms with Crippen LogP contribution in [0.15, 0.2) is 30.5 Å². The largest absolute Gasteiger partial charge is 0.394 e. The number of anilines is 2. The molecule has 0 saturated heterocycles. The lowest BCUT2D eigenvalue weighted by Gasteiger charge is -2.26. The molecule has 0 radical (unpaired) electrons. The van der Waals surface area contributed by atoms with E-state index in [4.69, 9.17) is 5.73 Å². The van der Waals surface area contributed by atoms with Crippen molar-refractivity contribution in [3.63, 3.8) is 0 Å². The molecule has 0 saturated carbocycles. The number of halogens is 1. The molecule has 0 spiro atoms. The van der Waals surface area contributed by atoms with Gasteiger partial charge in [-0.2, -0.15) is 5.10 Å². The first kappa shape index (κ1) is 10.1. The van der Waals surface area contributed by atoms with E-state index in [1.54, 1.807) is 18.3 Å². The second-order valence-electron chi connectivity index (χ2n) is 4.18. The van der Waals surface area contributed by atoms with Crippen LogP contribution in [0.1, 0.15) is 18.0 Å². The van der Waals surface area contributed by atoms with Crippen LogP contribution in [-0.2, 0) is 0 Å². The summed E-state index contributed by atoms with van der Waals surface area (Å²) in [5, 5.41) is 7.46. The third-order valence-corrected chi connectivity index (χ3v) is 3.06. The van der Waals surface area contributed by atoms with Crippen LogP contribution < -0.4 is 11.1 Å². The highest BCUT2D eigenvalue weighted by Crippen LogP contribution is 2.32. The maximum absolute atomic E-state index is 13.2. The fraction of sp³-hybridized carbons (Fsp3) is 0.250. The van der Waals surface area contributed by atoms with Crippen LogP contribution in [0.25, 0.3) is 0 Å². The number of rotatable bonds is 1. The maximum Gasteiger partial charge on any atom is 0.148 e. The summed E-state index contributed by atoms with van der Waals surface area (Å²) in [6.45, 7) is 0.817. The fourth-order valence-corrected chi connectivity index (χ4v) is 2.27. The lowest BCUT2D eigenvalue weighted by molar-refractivity contribution is 0.479. The first-order valence-corrected chi connectivity index (χ1v) is 5.58. The highest BCUT2D eigenvalue weighted by molar-refractivity contribution is 5.62. The van der Waals surface area contributed by atoms with Gasteiger partial charge in [-0.3, -0.25) is 0 Å². The van der Waals surface area contributed by atoms with Crippen LogP contribution in [0.5, 0.6) is 0 Å². The van der Waals surface area contributed by atoms with E-state index in [-0.39, 0.29) is 11.9 Å². The monoisotopic (exact) mass is 232 g/mol. The first-order chi connectivity index (χ1) is 8.25. The second kappa shape index (κ2) is 3.76. The van der Waals surface area contributed by atoms with Crippen LogP contribution >= 0.6 is 0 Å². The SMILES string of the molecule is Nc1cnn2c1NCCC2c1cccc(F)c1. The van der Waals surface area contributed by atoms with Crippen molar-refractivity contribution in [3.8, 4) is 0 Å². The average molecular weight is 232 g/mol. The van der Waals surface area contributed by atoms with Crippen molar-refractivity contribution in [2.24, 2.45) is 0 Å². The van der Waals surface area contributed by atoms with E-state index in [9.17, 15) is 4.39 Å². The van der Waals surface area contributed by atoms with Gasteiger partial charge in [0, 0.05) is 6.54 Å². The van der Waals surface area contributed by atoms with Crippen LogP contribution in [-0.4, -0.2) is 16.3 Å². The quantitative estimate of drug-likeness (QED) is 0.790. The van der Waals surface area contributed by atoms with Crippen LogP contribution in [0.3, 0.4) is 0 Å². The van der Waals surface area contributed by atoms with Crippen molar-refractivity contribution in [3.05, 3.63) is 41.8 Å². The van der Waals surface area contributed by atoms with Crippen molar-refractivity contribution >= 4 is 11.5 Å². The van der Waals surface area contributed by atoms with Gasteiger partial charge in [-0.05, 0) is 24.1 Å². The zero-order chi connectivity index (χ0) is 11.8. The normalized spacial score (nSPS) is 18.5. The van der Waals surface area contributed by atoms with Gasteiger partial charge in [-0.1, -0.05) is 12.1 Å². The van der Waals surface area contributed by atoms with E-state index >= 15 is 0 Å². The Labute approximate surface area is 98.2 Å². The molecule has 1 atom stereocenters. The van der Waals surface area contributed by atoms with Crippen LogP contribution in [0, 0.1) is 5.82 Å². The van der Waals surface area contributed by atoms with Crippen molar-refractivity contribution in [2.75, 3.05) is 17.6 Å². The lowest BCUT2D eigenvalue weighted by Crippen LogP contribution is -2.24. The topological polar surface area (TPSA) is 55.9 Å². The van der Waals surface area contributed by atoms with Gasteiger partial charge in [0.1, 0.15) is 11.6 Å². The number of fused-ring (bicyclic) bond motifs is 1. The van der Waals surface area contributed by atoms with Gasteiger partial charge in [0.2, 0.25) is 0 Å². The molecule has 1 unspecified atom stereocenters. The fourth-order valence-electron chi connectivity index (χ4n) is 2.27. The van der Waals surface area contributed by atoms with Crippen molar-refractivity contribution in [2.45, 2.75) is 12.5 Å². The molecule has 3 N–H and O–H groups in total. The molecule has 1 aliphatic heterocycles. The van der Waals surface area contributed by atoms with Crippen molar-refractivity contribution in [1.29, 1.82) is 0 Å². The van der Waals surface area contributed by atoms with Gasteiger partial charge in [0.05, 0.1) is 17.9 Å². The van der Waals surface area contributed by atoms with Crippen LogP contribution in [0.4, 0.5) is 15.9 Å². The number of nitrogens with one attached hydrogen (secondary N) is 1. The highest BCUT2D eigenvalue weighted by Gasteiger charge is 2.23. The Kier molecular flexibility index (Phi) is 2.24. The summed E-state index contributed by atoms with van der Waals surface area (Å²) >= 11 is 0. The smallest absolute Gasteiger partial charge is 0.148 e. The molecular formula is C12H13FN4. The Morgan fingerprint density at radius 3 is 3.18 bits per heavy atom. The van der Waals surface area contributed by atoms with Gasteiger partial charge < -0.3 is 11.1 Å². The molecule has 3 rings (SSSR count). The molecule has 2 heterocycles. The molecule has 5 heteroatoms. The second-order valence-corrected chi connectivity index (χ2v) is 4.18. The summed E-state index contributed by atoms with van der Waals surface area (Å²) in [5.41, 5.74) is 7.37. The zero-order valence-corrected chi connectivity index (χ0v) is 9.23. The van der Waals surface area contributed by atoms with Gasteiger partial charge >= 0.3 is 0 Å². The Hall–Kier alpha value is -2.04. The molecule has 17 heavy (non-hydrogen) atoms. The summed E-state index contributed by atoms with van der Waals surface area (Å²) in [7, 11) is 0. The molecule has 4 nitrogen and oxygen atoms in total. The number of nitrogens with zero attached hydrogens (tertiary/aromatic N) is 2. The third kappa shape index (κ3) is 1.63. The minimum atomic E-state index is -0.220. The third-order valence-electron chi connectivity index (χ3n) is 3.06. The van der Waals surface area contributed by atoms with E-state index in [0.717, 1.165) is 24.3 Å². The number of nitrogen functional groups attached to an aromatic ring is 1. The first-order valence-electron chi connectivity index (χ1n) is 5.58. The van der Waals surface area contributed by atoms with Gasteiger partial charge in [-0.15, -0.1) is 0 Å². The summed E-state index contributed by atoms with van der Waals surface area (Å²) in [6, 6.07) is 6.69. The standard InChI is InChI=1S/C12H13FN4/c13-9-3-1-2-8(6-9)11-4-5-15-12-10(14)7-16-17(11)12/h1-3,6-7,11,15H,4-5,14H2. The molecule has 0 amide bonds. The summed E-state index contributed by atoms with van der Waals surface area (Å²) in [4.78, 5) is 0. The van der Waals surface area contributed by atoms with Crippen LogP contribution in [0.2, 0.25) is 0 Å². The lowest BCUT2D eigenvalue weighted by atomic mass is 10.0. The molecule has 2 aromatic rings. The van der Waals surface area contributed by atoms with E-state index in [2.05, 4.69) is 10.4 Å². The average Bonchev–Trinajstić information content (AvgIpc) is 2.71. The minimum absolute atomic E-state index is 0.0549. The van der Waals surface area contributed by atoms with E-state index in [0.29, 0.717) is 5.69 Å². The molecule has 88 valence electrons. The van der Waals surface area contributed by atoms with Crippen molar-refractivity contribution in [1.82, 2.24) is 9.78 Å². The Morgan fingerprint density at radius 1 is 1.47 bits per heavy atom. The zero-order valence-electron chi connectivity index (χ0n) is 9.23. The number of hydrogen-bond donors (Lipinski definition) is 2. The van der Waals surface area contributed by atoms with E-state index in [1.165, 1.54) is 6.07 Å². The molecule has 0 aliphatic carbocycles. The summed E-state index contributed by atoms with van der Waals surface area (Å²) < 4.78 is 15.1. The summed E-state index contributed by atoms with van der Waals surface area (Å²) in [5.74, 6) is 0.605. The molecule has 1 aromatic carbocycles.